The molecule has 6 nitrogen and oxygen atoms in total. The smallest absolute Gasteiger partial charge is 0.397 e. The van der Waals surface area contributed by atoms with Crippen LogP contribution < -0.4 is 0 Å². The van der Waals surface area contributed by atoms with E-state index in [0.717, 1.165) is 25.7 Å². The van der Waals surface area contributed by atoms with Crippen LogP contribution in [0.5, 0.6) is 0 Å². The molecule has 0 fully saturated rings. The fourth-order valence-corrected chi connectivity index (χ4v) is 3.16. The molecular weight excluding hydrogens is 332 g/mol. The summed E-state index contributed by atoms with van der Waals surface area (Å²) in [4.78, 5) is 11.7. The van der Waals surface area contributed by atoms with Gasteiger partial charge < -0.3 is 4.74 Å². The van der Waals surface area contributed by atoms with Crippen molar-refractivity contribution in [3.8, 4) is 0 Å². The molecular formula is C17H34O6S. The molecule has 2 unspecified atom stereocenters. The van der Waals surface area contributed by atoms with Crippen molar-refractivity contribution in [1.29, 1.82) is 0 Å². The van der Waals surface area contributed by atoms with E-state index in [9.17, 15) is 13.2 Å². The Morgan fingerprint density at radius 2 is 1.62 bits per heavy atom. The van der Waals surface area contributed by atoms with E-state index in [4.69, 9.17) is 9.29 Å². The van der Waals surface area contributed by atoms with Gasteiger partial charge in [-0.1, -0.05) is 58.8 Å². The van der Waals surface area contributed by atoms with E-state index in [-0.39, 0.29) is 6.42 Å². The van der Waals surface area contributed by atoms with Gasteiger partial charge in [0.1, 0.15) is 0 Å². The predicted octanol–water partition coefficient (Wildman–Crippen LogP) is 4.29. The normalized spacial score (nSPS) is 14.3. The van der Waals surface area contributed by atoms with Crippen molar-refractivity contribution >= 4 is 16.4 Å². The largest absolute Gasteiger partial charge is 0.465 e. The number of ether oxygens (including phenoxy) is 1. The van der Waals surface area contributed by atoms with Crippen molar-refractivity contribution < 1.29 is 26.7 Å². The summed E-state index contributed by atoms with van der Waals surface area (Å²) in [6.45, 7) is 6.07. The highest BCUT2D eigenvalue weighted by Gasteiger charge is 2.18. The summed E-state index contributed by atoms with van der Waals surface area (Å²) in [5, 5.41) is 0. The van der Waals surface area contributed by atoms with Crippen molar-refractivity contribution in [1.82, 2.24) is 0 Å². The van der Waals surface area contributed by atoms with E-state index in [1.54, 1.807) is 0 Å². The molecule has 144 valence electrons. The first-order valence-electron chi connectivity index (χ1n) is 9.09. The van der Waals surface area contributed by atoms with Crippen molar-refractivity contribution in [2.45, 2.75) is 91.1 Å². The maximum absolute atomic E-state index is 11.7. The summed E-state index contributed by atoms with van der Waals surface area (Å²) in [7, 11) is -4.54. The van der Waals surface area contributed by atoms with Crippen molar-refractivity contribution in [2.24, 2.45) is 5.92 Å². The van der Waals surface area contributed by atoms with Gasteiger partial charge >= 0.3 is 16.4 Å². The number of esters is 1. The van der Waals surface area contributed by atoms with Crippen LogP contribution in [0.15, 0.2) is 0 Å². The standard InChI is InChI=1S/C17H34O6S/c1-4-6-7-8-9-10-12-16(11-5-2)14-22-17(18)13-15(3)23-24(19,20)21/h15-16H,4-14H2,1-3H3,(H,19,20,21). The van der Waals surface area contributed by atoms with Crippen LogP contribution in [0.2, 0.25) is 0 Å². The van der Waals surface area contributed by atoms with Crippen LogP contribution >= 0.6 is 0 Å². The molecule has 0 bridgehead atoms. The molecule has 0 rings (SSSR count). The van der Waals surface area contributed by atoms with Gasteiger partial charge in [0.25, 0.3) is 0 Å². The van der Waals surface area contributed by atoms with Gasteiger partial charge in [-0.3, -0.25) is 9.35 Å². The van der Waals surface area contributed by atoms with Crippen LogP contribution in [-0.4, -0.2) is 31.7 Å². The molecule has 0 spiro atoms. The zero-order chi connectivity index (χ0) is 18.4. The van der Waals surface area contributed by atoms with Crippen LogP contribution in [0.3, 0.4) is 0 Å². The Morgan fingerprint density at radius 1 is 1.00 bits per heavy atom. The van der Waals surface area contributed by atoms with E-state index >= 15 is 0 Å². The Kier molecular flexibility index (Phi) is 13.2. The second kappa shape index (κ2) is 13.6. The highest BCUT2D eigenvalue weighted by Crippen LogP contribution is 2.18. The fraction of sp³-hybridized carbons (Fsp3) is 0.941. The molecule has 0 aromatic carbocycles. The fourth-order valence-electron chi connectivity index (χ4n) is 2.68. The van der Waals surface area contributed by atoms with Crippen molar-refractivity contribution in [3.63, 3.8) is 0 Å². The number of hydrogen-bond acceptors (Lipinski definition) is 5. The van der Waals surface area contributed by atoms with E-state index in [2.05, 4.69) is 18.0 Å². The van der Waals surface area contributed by atoms with Gasteiger partial charge in [0.2, 0.25) is 0 Å². The molecule has 0 aliphatic heterocycles. The lowest BCUT2D eigenvalue weighted by Crippen LogP contribution is -2.21. The Hall–Kier alpha value is -0.660. The summed E-state index contributed by atoms with van der Waals surface area (Å²) in [6, 6.07) is 0. The van der Waals surface area contributed by atoms with Gasteiger partial charge in [0.05, 0.1) is 19.1 Å². The van der Waals surface area contributed by atoms with Gasteiger partial charge in [-0.15, -0.1) is 0 Å². The molecule has 0 amide bonds. The quantitative estimate of drug-likeness (QED) is 0.264. The lowest BCUT2D eigenvalue weighted by Gasteiger charge is -2.17. The average molecular weight is 367 g/mol. The number of carbonyl (C=O) groups excluding carboxylic acids is 1. The molecule has 2 atom stereocenters. The summed E-state index contributed by atoms with van der Waals surface area (Å²) in [6.07, 6.45) is 9.41. The van der Waals surface area contributed by atoms with Crippen LogP contribution in [-0.2, 0) is 24.1 Å². The first kappa shape index (κ1) is 23.3. The Morgan fingerprint density at radius 3 is 2.21 bits per heavy atom. The number of hydrogen-bond donors (Lipinski definition) is 1. The molecule has 0 aliphatic carbocycles. The Bertz CT molecular complexity index is 421. The van der Waals surface area contributed by atoms with Crippen LogP contribution in [0, 0.1) is 5.92 Å². The third-order valence-electron chi connectivity index (χ3n) is 3.88. The van der Waals surface area contributed by atoms with Gasteiger partial charge in [-0.05, 0) is 25.7 Å². The summed E-state index contributed by atoms with van der Waals surface area (Å²) in [5.74, 6) is -0.155. The van der Waals surface area contributed by atoms with Gasteiger partial charge in [0, 0.05) is 0 Å². The molecule has 24 heavy (non-hydrogen) atoms. The summed E-state index contributed by atoms with van der Waals surface area (Å²) < 4.78 is 39.2. The van der Waals surface area contributed by atoms with Crippen molar-refractivity contribution in [2.75, 3.05) is 6.61 Å². The zero-order valence-corrected chi connectivity index (χ0v) is 16.1. The SMILES string of the molecule is CCCCCCCCC(CCC)COC(=O)CC(C)OS(=O)(=O)O. The molecule has 1 N–H and O–H groups in total. The van der Waals surface area contributed by atoms with Gasteiger partial charge in [0.15, 0.2) is 0 Å². The van der Waals surface area contributed by atoms with Crippen LogP contribution in [0.4, 0.5) is 0 Å². The van der Waals surface area contributed by atoms with E-state index in [1.807, 2.05) is 0 Å². The third-order valence-corrected chi connectivity index (χ3v) is 4.45. The zero-order valence-electron chi connectivity index (χ0n) is 15.3. The highest BCUT2D eigenvalue weighted by molar-refractivity contribution is 7.80. The lowest BCUT2D eigenvalue weighted by molar-refractivity contribution is -0.146. The minimum atomic E-state index is -4.54. The summed E-state index contributed by atoms with van der Waals surface area (Å²) in [5.41, 5.74) is 0. The lowest BCUT2D eigenvalue weighted by atomic mass is 9.97. The number of unbranched alkanes of at least 4 members (excludes halogenated alkanes) is 5. The number of rotatable bonds is 15. The maximum Gasteiger partial charge on any atom is 0.397 e. The molecule has 0 aliphatic rings. The van der Waals surface area contributed by atoms with E-state index < -0.39 is 22.5 Å². The second-order valence-corrected chi connectivity index (χ2v) is 7.48. The number of carbonyl (C=O) groups is 1. The highest BCUT2D eigenvalue weighted by atomic mass is 32.3. The molecule has 0 aromatic rings. The molecule has 0 aromatic heterocycles. The third kappa shape index (κ3) is 14.9. The molecule has 0 saturated carbocycles. The van der Waals surface area contributed by atoms with E-state index in [1.165, 1.54) is 39.0 Å². The van der Waals surface area contributed by atoms with Gasteiger partial charge in [-0.2, -0.15) is 8.42 Å². The molecule has 0 radical (unpaired) electrons. The van der Waals surface area contributed by atoms with Crippen molar-refractivity contribution in [3.05, 3.63) is 0 Å². The predicted molar refractivity (Wildman–Crippen MR) is 94.1 cm³/mol. The Labute approximate surface area is 147 Å². The molecule has 0 saturated heterocycles. The maximum atomic E-state index is 11.7. The average Bonchev–Trinajstić information content (AvgIpc) is 2.46. The van der Waals surface area contributed by atoms with Gasteiger partial charge in [-0.25, -0.2) is 4.18 Å². The molecule has 7 heteroatoms. The second-order valence-electron chi connectivity index (χ2n) is 6.43. The van der Waals surface area contributed by atoms with Crippen LogP contribution in [0.25, 0.3) is 0 Å². The minimum Gasteiger partial charge on any atom is -0.465 e. The monoisotopic (exact) mass is 366 g/mol. The minimum absolute atomic E-state index is 0.199. The molecule has 0 heterocycles. The van der Waals surface area contributed by atoms with E-state index in [0.29, 0.717) is 12.5 Å². The first-order valence-corrected chi connectivity index (χ1v) is 10.5. The van der Waals surface area contributed by atoms with Crippen LogP contribution in [0.1, 0.15) is 85.0 Å². The Balaban J connectivity index is 3.99. The summed E-state index contributed by atoms with van der Waals surface area (Å²) >= 11 is 0. The first-order chi connectivity index (χ1) is 11.3. The topological polar surface area (TPSA) is 89.9 Å².